The molecule has 0 fully saturated rings. The van der Waals surface area contributed by atoms with Crippen molar-refractivity contribution in [1.29, 1.82) is 0 Å². The molecular formula is C14H13Br2FN4S. The molecule has 0 saturated carbocycles. The number of aromatic nitrogens is 2. The minimum Gasteiger partial charge on any atom is -0.362 e. The van der Waals surface area contributed by atoms with E-state index in [9.17, 15) is 4.39 Å². The molecule has 2 aromatic rings. The van der Waals surface area contributed by atoms with Crippen LogP contribution in [0, 0.1) is 5.82 Å². The van der Waals surface area contributed by atoms with E-state index in [1.54, 1.807) is 18.3 Å². The predicted octanol–water partition coefficient (Wildman–Crippen LogP) is 4.06. The summed E-state index contributed by atoms with van der Waals surface area (Å²) in [6.45, 7) is 0.713. The van der Waals surface area contributed by atoms with Gasteiger partial charge in [-0.2, -0.15) is 0 Å². The topological polar surface area (TPSA) is 49.8 Å². The van der Waals surface area contributed by atoms with E-state index in [-0.39, 0.29) is 5.82 Å². The summed E-state index contributed by atoms with van der Waals surface area (Å²) in [6.07, 6.45) is 3.34. The van der Waals surface area contributed by atoms with Gasteiger partial charge in [-0.25, -0.2) is 14.4 Å². The third-order valence-corrected chi connectivity index (χ3v) is 3.95. The molecular weight excluding hydrogens is 435 g/mol. The fourth-order valence-corrected chi connectivity index (χ4v) is 2.84. The van der Waals surface area contributed by atoms with Gasteiger partial charge >= 0.3 is 0 Å². The van der Waals surface area contributed by atoms with Gasteiger partial charge < -0.3 is 10.6 Å². The van der Waals surface area contributed by atoms with E-state index in [0.717, 1.165) is 18.4 Å². The maximum Gasteiger partial charge on any atom is 0.172 e. The number of halogens is 3. The molecule has 0 aliphatic rings. The fourth-order valence-electron chi connectivity index (χ4n) is 1.73. The van der Waals surface area contributed by atoms with E-state index in [1.807, 2.05) is 0 Å². The number of nitrogens with one attached hydrogen (secondary N) is 2. The Bertz CT molecular complexity index is 652. The fraction of sp³-hybridized carbons (Fsp3) is 0.214. The van der Waals surface area contributed by atoms with Crippen LogP contribution >= 0.6 is 44.1 Å². The number of thiocarbonyl (C=S) groups is 1. The van der Waals surface area contributed by atoms with E-state index in [0.29, 0.717) is 26.7 Å². The van der Waals surface area contributed by atoms with Crippen LogP contribution in [0.4, 0.5) is 10.2 Å². The zero-order chi connectivity index (χ0) is 15.9. The Kier molecular flexibility index (Phi) is 6.66. The largest absolute Gasteiger partial charge is 0.362 e. The molecule has 1 heterocycles. The summed E-state index contributed by atoms with van der Waals surface area (Å²) < 4.78 is 14.0. The second kappa shape index (κ2) is 8.50. The monoisotopic (exact) mass is 446 g/mol. The molecule has 1 aromatic carbocycles. The lowest BCUT2D eigenvalue weighted by atomic mass is 10.1. The smallest absolute Gasteiger partial charge is 0.172 e. The molecule has 1 aromatic heterocycles. The number of benzene rings is 1. The average Bonchev–Trinajstić information content (AvgIpc) is 2.48. The molecule has 0 aliphatic heterocycles. The molecule has 0 bridgehead atoms. The van der Waals surface area contributed by atoms with Gasteiger partial charge in [-0.3, -0.25) is 0 Å². The number of hydrogen-bond acceptors (Lipinski definition) is 3. The van der Waals surface area contributed by atoms with E-state index in [4.69, 9.17) is 12.2 Å². The molecule has 2 N–H and O–H groups in total. The zero-order valence-electron chi connectivity index (χ0n) is 11.4. The molecule has 116 valence electrons. The van der Waals surface area contributed by atoms with Crippen molar-refractivity contribution in [1.82, 2.24) is 15.3 Å². The summed E-state index contributed by atoms with van der Waals surface area (Å²) in [5.41, 5.74) is 1.10. The minimum atomic E-state index is -0.214. The second-order valence-corrected chi connectivity index (χ2v) is 6.41. The summed E-state index contributed by atoms with van der Waals surface area (Å²) in [7, 11) is 0. The van der Waals surface area contributed by atoms with Gasteiger partial charge in [0.2, 0.25) is 0 Å². The van der Waals surface area contributed by atoms with Gasteiger partial charge in [0.05, 0.1) is 6.20 Å². The predicted molar refractivity (Wildman–Crippen MR) is 96.4 cm³/mol. The lowest BCUT2D eigenvalue weighted by molar-refractivity contribution is 0.626. The molecule has 0 spiro atoms. The van der Waals surface area contributed by atoms with Gasteiger partial charge in [-0.15, -0.1) is 0 Å². The minimum absolute atomic E-state index is 0.214. The van der Waals surface area contributed by atoms with Crippen molar-refractivity contribution in [3.8, 4) is 0 Å². The molecule has 0 amide bonds. The van der Waals surface area contributed by atoms with Crippen molar-refractivity contribution < 1.29 is 4.39 Å². The number of nitrogens with zero attached hydrogens (tertiary/aromatic N) is 2. The van der Waals surface area contributed by atoms with Crippen LogP contribution < -0.4 is 10.6 Å². The molecule has 8 heteroatoms. The third kappa shape index (κ3) is 5.58. The Labute approximate surface area is 150 Å². The zero-order valence-corrected chi connectivity index (χ0v) is 15.4. The van der Waals surface area contributed by atoms with Gasteiger partial charge in [0.15, 0.2) is 10.9 Å². The lowest BCUT2D eigenvalue weighted by Crippen LogP contribution is -2.30. The van der Waals surface area contributed by atoms with E-state index >= 15 is 0 Å². The van der Waals surface area contributed by atoms with Crippen molar-refractivity contribution in [3.05, 3.63) is 51.0 Å². The molecule has 0 radical (unpaired) electrons. The number of aryl methyl sites for hydroxylation is 1. The Morgan fingerprint density at radius 2 is 1.95 bits per heavy atom. The van der Waals surface area contributed by atoms with Crippen LogP contribution in [-0.2, 0) is 6.42 Å². The maximum atomic E-state index is 12.8. The van der Waals surface area contributed by atoms with Crippen LogP contribution in [0.15, 0.2) is 39.7 Å². The SMILES string of the molecule is Fc1ccc(CCCNC(=S)Nc2ncc(Br)nc2Br)cc1. The number of rotatable bonds is 5. The van der Waals surface area contributed by atoms with Crippen molar-refractivity contribution in [2.24, 2.45) is 0 Å². The number of hydrogen-bond donors (Lipinski definition) is 2. The number of anilines is 1. The first-order valence-electron chi connectivity index (χ1n) is 6.52. The van der Waals surface area contributed by atoms with Gasteiger partial charge in [0.1, 0.15) is 15.0 Å². The first-order valence-corrected chi connectivity index (χ1v) is 8.51. The van der Waals surface area contributed by atoms with Gasteiger partial charge in [0.25, 0.3) is 0 Å². The Morgan fingerprint density at radius 3 is 2.64 bits per heavy atom. The highest BCUT2D eigenvalue weighted by molar-refractivity contribution is 9.11. The highest BCUT2D eigenvalue weighted by atomic mass is 79.9. The summed E-state index contributed by atoms with van der Waals surface area (Å²) >= 11 is 11.8. The quantitative estimate of drug-likeness (QED) is 0.534. The molecule has 2 rings (SSSR count). The van der Waals surface area contributed by atoms with Crippen LogP contribution in [0.1, 0.15) is 12.0 Å². The molecule has 0 atom stereocenters. The Morgan fingerprint density at radius 1 is 1.23 bits per heavy atom. The Balaban J connectivity index is 1.72. The van der Waals surface area contributed by atoms with E-state index < -0.39 is 0 Å². The van der Waals surface area contributed by atoms with E-state index in [2.05, 4.69) is 52.5 Å². The second-order valence-electron chi connectivity index (χ2n) is 4.44. The first-order chi connectivity index (χ1) is 10.5. The van der Waals surface area contributed by atoms with Crippen molar-refractivity contribution in [3.63, 3.8) is 0 Å². The van der Waals surface area contributed by atoms with Gasteiger partial charge in [-0.05, 0) is 74.6 Å². The summed E-state index contributed by atoms with van der Waals surface area (Å²) in [5, 5.41) is 6.56. The van der Waals surface area contributed by atoms with Crippen molar-refractivity contribution in [2.75, 3.05) is 11.9 Å². The lowest BCUT2D eigenvalue weighted by Gasteiger charge is -2.10. The molecule has 0 unspecified atom stereocenters. The van der Waals surface area contributed by atoms with Gasteiger partial charge in [-0.1, -0.05) is 12.1 Å². The molecule has 4 nitrogen and oxygen atoms in total. The normalized spacial score (nSPS) is 10.3. The molecule has 0 saturated heterocycles. The van der Waals surface area contributed by atoms with Crippen molar-refractivity contribution >= 4 is 55.0 Å². The summed E-state index contributed by atoms with van der Waals surface area (Å²) in [6, 6.07) is 6.53. The third-order valence-electron chi connectivity index (χ3n) is 2.77. The molecule has 0 aliphatic carbocycles. The molecule has 22 heavy (non-hydrogen) atoms. The van der Waals surface area contributed by atoms with Crippen LogP contribution in [0.5, 0.6) is 0 Å². The highest BCUT2D eigenvalue weighted by Gasteiger charge is 2.05. The highest BCUT2D eigenvalue weighted by Crippen LogP contribution is 2.19. The van der Waals surface area contributed by atoms with Crippen LogP contribution in [0.3, 0.4) is 0 Å². The first kappa shape index (κ1) is 17.2. The van der Waals surface area contributed by atoms with Crippen LogP contribution in [0.2, 0.25) is 0 Å². The van der Waals surface area contributed by atoms with Crippen LogP contribution in [-0.4, -0.2) is 21.6 Å². The van der Waals surface area contributed by atoms with Gasteiger partial charge in [0, 0.05) is 6.54 Å². The summed E-state index contributed by atoms with van der Waals surface area (Å²) in [5.74, 6) is 0.340. The van der Waals surface area contributed by atoms with E-state index in [1.165, 1.54) is 12.1 Å². The van der Waals surface area contributed by atoms with Crippen molar-refractivity contribution in [2.45, 2.75) is 12.8 Å². The maximum absolute atomic E-state index is 12.8. The van der Waals surface area contributed by atoms with Crippen LogP contribution in [0.25, 0.3) is 0 Å². The standard InChI is InChI=1S/C14H13Br2FN4S/c15-11-8-19-13(12(16)20-11)21-14(22)18-7-1-2-9-3-5-10(17)6-4-9/h3-6,8H,1-2,7H2,(H2,18,19,21,22). The Hall–Kier alpha value is -1.12. The summed E-state index contributed by atoms with van der Waals surface area (Å²) in [4.78, 5) is 8.33. The average molecular weight is 448 g/mol.